The number of anilines is 2. The molecule has 0 bridgehead atoms. The van der Waals surface area contributed by atoms with Gasteiger partial charge in [-0.15, -0.1) is 0 Å². The quantitative estimate of drug-likeness (QED) is 0.544. The van der Waals surface area contributed by atoms with Crippen LogP contribution in [0, 0.1) is 11.7 Å². The number of hydrogen-bond donors (Lipinski definition) is 1. The number of esters is 1. The van der Waals surface area contributed by atoms with Crippen molar-refractivity contribution in [2.24, 2.45) is 11.7 Å². The molecular formula is C24H29FN4O6S. The average molecular weight is 521 g/mol. The molecule has 2 saturated heterocycles. The highest BCUT2D eigenvalue weighted by Gasteiger charge is 2.34. The maximum absolute atomic E-state index is 15.0. The summed E-state index contributed by atoms with van der Waals surface area (Å²) < 4.78 is 48.7. The van der Waals surface area contributed by atoms with E-state index < -0.39 is 39.9 Å². The number of aromatic nitrogens is 1. The molecule has 2 aliphatic heterocycles. The fraction of sp³-hybridized carbons (Fsp3) is 0.458. The Balaban J connectivity index is 1.39. The van der Waals surface area contributed by atoms with Crippen LogP contribution in [0.5, 0.6) is 0 Å². The van der Waals surface area contributed by atoms with Crippen molar-refractivity contribution in [3.8, 4) is 11.1 Å². The summed E-state index contributed by atoms with van der Waals surface area (Å²) in [6.45, 7) is 4.31. The normalized spacial score (nSPS) is 20.4. The second-order valence-corrected chi connectivity index (χ2v) is 11.5. The predicted molar refractivity (Wildman–Crippen MR) is 132 cm³/mol. The molecule has 0 spiro atoms. The molecule has 1 amide bonds. The fourth-order valence-electron chi connectivity index (χ4n) is 3.94. The second-order valence-electron chi connectivity index (χ2n) is 9.22. The number of carbonyl (C=O) groups is 2. The molecule has 2 aromatic rings. The summed E-state index contributed by atoms with van der Waals surface area (Å²) in [7, 11) is -3.00. The van der Waals surface area contributed by atoms with Crippen molar-refractivity contribution in [2.45, 2.75) is 26.0 Å². The van der Waals surface area contributed by atoms with Crippen LogP contribution >= 0.6 is 0 Å². The Morgan fingerprint density at radius 3 is 2.58 bits per heavy atom. The SMILES string of the molecule is CC(C)[C@@H](N)C(=O)OCC1CN(c2ccc(-c3ccc(N4CCS(=O)(=O)CC4)nc3)c(F)c2)C(=O)O1. The summed E-state index contributed by atoms with van der Waals surface area (Å²) >= 11 is 0. The molecular weight excluding hydrogens is 491 g/mol. The molecule has 36 heavy (non-hydrogen) atoms. The van der Waals surface area contributed by atoms with Crippen molar-refractivity contribution in [3.63, 3.8) is 0 Å². The first-order chi connectivity index (χ1) is 17.0. The Kier molecular flexibility index (Phi) is 7.46. The maximum Gasteiger partial charge on any atom is 0.414 e. The fourth-order valence-corrected chi connectivity index (χ4v) is 5.14. The number of pyridine rings is 1. The van der Waals surface area contributed by atoms with E-state index in [1.807, 2.05) is 4.90 Å². The highest BCUT2D eigenvalue weighted by atomic mass is 32.2. The van der Waals surface area contributed by atoms with Gasteiger partial charge in [0.05, 0.1) is 23.7 Å². The lowest BCUT2D eigenvalue weighted by molar-refractivity contribution is -0.148. The third-order valence-corrected chi connectivity index (χ3v) is 7.88. The number of nitrogens with zero attached hydrogens (tertiary/aromatic N) is 3. The van der Waals surface area contributed by atoms with Gasteiger partial charge in [0, 0.05) is 30.4 Å². The van der Waals surface area contributed by atoms with Gasteiger partial charge in [-0.2, -0.15) is 0 Å². The van der Waals surface area contributed by atoms with Gasteiger partial charge < -0.3 is 20.1 Å². The molecule has 2 aliphatic rings. The van der Waals surface area contributed by atoms with Gasteiger partial charge in [0.1, 0.15) is 24.3 Å². The van der Waals surface area contributed by atoms with Gasteiger partial charge in [-0.25, -0.2) is 22.6 Å². The van der Waals surface area contributed by atoms with Gasteiger partial charge in [-0.05, 0) is 36.2 Å². The first-order valence-corrected chi connectivity index (χ1v) is 13.5. The smallest absolute Gasteiger partial charge is 0.414 e. The number of cyclic esters (lactones) is 1. The van der Waals surface area contributed by atoms with E-state index in [1.165, 1.54) is 17.2 Å². The molecule has 2 N–H and O–H groups in total. The van der Waals surface area contributed by atoms with Gasteiger partial charge in [0.25, 0.3) is 0 Å². The number of halogens is 1. The number of ether oxygens (including phenoxy) is 2. The third-order valence-electron chi connectivity index (χ3n) is 6.27. The first-order valence-electron chi connectivity index (χ1n) is 11.7. The Morgan fingerprint density at radius 2 is 1.97 bits per heavy atom. The highest BCUT2D eigenvalue weighted by molar-refractivity contribution is 7.91. The van der Waals surface area contributed by atoms with Crippen molar-refractivity contribution in [1.29, 1.82) is 0 Å². The number of benzene rings is 1. The van der Waals surface area contributed by atoms with Crippen LogP contribution in [-0.2, 0) is 24.1 Å². The lowest BCUT2D eigenvalue weighted by atomic mass is 10.1. The van der Waals surface area contributed by atoms with Gasteiger partial charge in [-0.3, -0.25) is 9.69 Å². The molecule has 1 unspecified atom stereocenters. The largest absolute Gasteiger partial charge is 0.460 e. The van der Waals surface area contributed by atoms with Crippen molar-refractivity contribution in [1.82, 2.24) is 4.98 Å². The molecule has 1 aromatic heterocycles. The topological polar surface area (TPSA) is 132 Å². The van der Waals surface area contributed by atoms with Crippen LogP contribution < -0.4 is 15.5 Å². The number of hydrogen-bond acceptors (Lipinski definition) is 9. The molecule has 0 aliphatic carbocycles. The monoisotopic (exact) mass is 520 g/mol. The minimum Gasteiger partial charge on any atom is -0.460 e. The zero-order chi connectivity index (χ0) is 26.0. The van der Waals surface area contributed by atoms with Crippen LogP contribution in [0.1, 0.15) is 13.8 Å². The van der Waals surface area contributed by atoms with Crippen LogP contribution in [0.3, 0.4) is 0 Å². The summed E-state index contributed by atoms with van der Waals surface area (Å²) in [6, 6.07) is 7.08. The number of carbonyl (C=O) groups excluding carboxylic acids is 2. The van der Waals surface area contributed by atoms with Crippen LogP contribution in [0.15, 0.2) is 36.5 Å². The minimum atomic E-state index is -3.00. The van der Waals surface area contributed by atoms with Crippen molar-refractivity contribution < 1.29 is 31.9 Å². The molecule has 12 heteroatoms. The molecule has 194 valence electrons. The summed E-state index contributed by atoms with van der Waals surface area (Å²) in [4.78, 5) is 31.8. The van der Waals surface area contributed by atoms with E-state index in [-0.39, 0.29) is 30.6 Å². The van der Waals surface area contributed by atoms with E-state index in [4.69, 9.17) is 15.2 Å². The molecule has 0 radical (unpaired) electrons. The maximum atomic E-state index is 15.0. The molecule has 4 rings (SSSR count). The zero-order valence-corrected chi connectivity index (χ0v) is 20.9. The molecule has 3 heterocycles. The zero-order valence-electron chi connectivity index (χ0n) is 20.1. The molecule has 1 aromatic carbocycles. The lowest BCUT2D eigenvalue weighted by Crippen LogP contribution is -2.40. The van der Waals surface area contributed by atoms with E-state index in [2.05, 4.69) is 4.98 Å². The number of nitrogens with two attached hydrogens (primary N) is 1. The average Bonchev–Trinajstić information content (AvgIpc) is 3.22. The van der Waals surface area contributed by atoms with E-state index in [9.17, 15) is 18.0 Å². The van der Waals surface area contributed by atoms with Gasteiger partial charge in [-0.1, -0.05) is 13.8 Å². The first kappa shape index (κ1) is 25.8. The summed E-state index contributed by atoms with van der Waals surface area (Å²) in [5, 5.41) is 0. The third kappa shape index (κ3) is 5.76. The second kappa shape index (κ2) is 10.4. The van der Waals surface area contributed by atoms with Gasteiger partial charge >= 0.3 is 12.1 Å². The lowest BCUT2D eigenvalue weighted by Gasteiger charge is -2.27. The summed E-state index contributed by atoms with van der Waals surface area (Å²) in [5.41, 5.74) is 6.92. The number of rotatable bonds is 7. The molecule has 10 nitrogen and oxygen atoms in total. The van der Waals surface area contributed by atoms with Crippen molar-refractivity contribution in [3.05, 3.63) is 42.3 Å². The Hall–Kier alpha value is -3.25. The number of amides is 1. The summed E-state index contributed by atoms with van der Waals surface area (Å²) in [6.07, 6.45) is 0.184. The van der Waals surface area contributed by atoms with Gasteiger partial charge in [0.15, 0.2) is 15.9 Å². The number of sulfone groups is 1. The van der Waals surface area contributed by atoms with Crippen LogP contribution in [0.4, 0.5) is 20.7 Å². The van der Waals surface area contributed by atoms with Crippen molar-refractivity contribution in [2.75, 3.05) is 47.5 Å². The van der Waals surface area contributed by atoms with Crippen LogP contribution in [0.2, 0.25) is 0 Å². The van der Waals surface area contributed by atoms with Crippen LogP contribution in [0.25, 0.3) is 11.1 Å². The van der Waals surface area contributed by atoms with Gasteiger partial charge in [0.2, 0.25) is 0 Å². The predicted octanol–water partition coefficient (Wildman–Crippen LogP) is 1.97. The molecule has 2 atom stereocenters. The standard InChI is InChI=1S/C24H29FN4O6S/c1-15(2)22(26)23(30)34-14-18-13-29(24(31)35-18)17-4-5-19(20(25)11-17)16-3-6-21(27-12-16)28-7-9-36(32,33)10-8-28/h3-6,11-12,15,18,22H,7-10,13-14,26H2,1-2H3/t18?,22-/m1/s1. The molecule has 0 saturated carbocycles. The Bertz CT molecular complexity index is 1220. The Morgan fingerprint density at radius 1 is 1.25 bits per heavy atom. The highest BCUT2D eigenvalue weighted by Crippen LogP contribution is 2.30. The van der Waals surface area contributed by atoms with E-state index in [0.29, 0.717) is 35.7 Å². The van der Waals surface area contributed by atoms with Crippen molar-refractivity contribution >= 4 is 33.4 Å². The van der Waals surface area contributed by atoms with E-state index in [0.717, 1.165) is 0 Å². The van der Waals surface area contributed by atoms with E-state index >= 15 is 4.39 Å². The molecule has 2 fully saturated rings. The Labute approximate surface area is 209 Å². The summed E-state index contributed by atoms with van der Waals surface area (Å²) in [5.74, 6) is -0.403. The minimum absolute atomic E-state index is 0.0836. The van der Waals surface area contributed by atoms with E-state index in [1.54, 1.807) is 38.1 Å². The van der Waals surface area contributed by atoms with Crippen LogP contribution in [-0.4, -0.2) is 75.4 Å².